The van der Waals surface area contributed by atoms with E-state index in [1.807, 2.05) is 12.1 Å². The van der Waals surface area contributed by atoms with E-state index in [0.29, 0.717) is 21.8 Å². The molecule has 1 heterocycles. The lowest BCUT2D eigenvalue weighted by molar-refractivity contribution is -0.384. The maximum atomic E-state index is 12.2. The average molecular weight is 385 g/mol. The number of methoxy groups -OCH3 is 1. The van der Waals surface area contributed by atoms with E-state index < -0.39 is 10.9 Å². The number of hydrogen-bond donors (Lipinski definition) is 1. The molecule has 1 aliphatic heterocycles. The molecule has 0 amide bonds. The number of nitro benzene ring substituents is 1. The Bertz CT molecular complexity index is 972. The first-order valence-corrected chi connectivity index (χ1v) is 8.97. The molecule has 0 radical (unpaired) electrons. The molecule has 1 N–H and O–H groups in total. The summed E-state index contributed by atoms with van der Waals surface area (Å²) in [5.74, 6) is -0.167. The van der Waals surface area contributed by atoms with Gasteiger partial charge in [-0.25, -0.2) is 4.79 Å². The van der Waals surface area contributed by atoms with Crippen molar-refractivity contribution in [3.8, 4) is 0 Å². The van der Waals surface area contributed by atoms with E-state index in [9.17, 15) is 14.9 Å². The summed E-state index contributed by atoms with van der Waals surface area (Å²) in [7, 11) is 1.34. The summed E-state index contributed by atoms with van der Waals surface area (Å²) in [5.41, 5.74) is 2.82. The highest BCUT2D eigenvalue weighted by Crippen LogP contribution is 2.51. The third-order valence-corrected chi connectivity index (χ3v) is 5.67. The Labute approximate surface area is 160 Å². The number of esters is 1. The lowest BCUT2D eigenvalue weighted by atomic mass is 9.76. The number of anilines is 1. The Morgan fingerprint density at radius 1 is 1.30 bits per heavy atom. The van der Waals surface area contributed by atoms with Crippen molar-refractivity contribution in [1.82, 2.24) is 0 Å². The smallest absolute Gasteiger partial charge is 0.339 e. The van der Waals surface area contributed by atoms with Gasteiger partial charge in [0.2, 0.25) is 0 Å². The first kappa shape index (κ1) is 17.5. The maximum Gasteiger partial charge on any atom is 0.339 e. The van der Waals surface area contributed by atoms with Crippen LogP contribution in [-0.4, -0.2) is 18.0 Å². The van der Waals surface area contributed by atoms with Gasteiger partial charge in [0.05, 0.1) is 29.3 Å². The molecular formula is C20H17ClN2O4. The van der Waals surface area contributed by atoms with Crippen LogP contribution in [-0.2, 0) is 4.74 Å². The molecule has 0 unspecified atom stereocenters. The molecule has 0 saturated carbocycles. The molecule has 1 aliphatic carbocycles. The highest BCUT2D eigenvalue weighted by atomic mass is 35.5. The van der Waals surface area contributed by atoms with Crippen LogP contribution in [0, 0.1) is 16.0 Å². The van der Waals surface area contributed by atoms with Gasteiger partial charge in [-0.05, 0) is 30.0 Å². The second kappa shape index (κ2) is 6.70. The molecule has 7 heteroatoms. The van der Waals surface area contributed by atoms with Crippen LogP contribution in [0.25, 0.3) is 0 Å². The second-order valence-electron chi connectivity index (χ2n) is 6.70. The van der Waals surface area contributed by atoms with E-state index in [-0.39, 0.29) is 23.6 Å². The Kier molecular flexibility index (Phi) is 4.36. The number of para-hydroxylation sites is 1. The van der Waals surface area contributed by atoms with Crippen LogP contribution in [0.3, 0.4) is 0 Å². The van der Waals surface area contributed by atoms with Crippen LogP contribution < -0.4 is 5.32 Å². The molecule has 0 aromatic heterocycles. The van der Waals surface area contributed by atoms with Crippen molar-refractivity contribution in [2.75, 3.05) is 12.4 Å². The fourth-order valence-corrected chi connectivity index (χ4v) is 4.33. The molecule has 0 bridgehead atoms. The Hall–Kier alpha value is -2.86. The van der Waals surface area contributed by atoms with E-state index in [1.165, 1.54) is 19.2 Å². The number of allylic oxidation sites excluding steroid dienone is 2. The summed E-state index contributed by atoms with van der Waals surface area (Å²) in [4.78, 5) is 23.0. The number of rotatable bonds is 3. The molecule has 27 heavy (non-hydrogen) atoms. The molecule has 3 atom stereocenters. The van der Waals surface area contributed by atoms with E-state index in [2.05, 4.69) is 17.5 Å². The zero-order valence-electron chi connectivity index (χ0n) is 14.5. The summed E-state index contributed by atoms with van der Waals surface area (Å²) in [6, 6.07) is 9.76. The van der Waals surface area contributed by atoms with Gasteiger partial charge in [-0.15, -0.1) is 0 Å². The number of carbonyl (C=O) groups excluding carboxylic acids is 1. The van der Waals surface area contributed by atoms with E-state index in [4.69, 9.17) is 16.3 Å². The van der Waals surface area contributed by atoms with Crippen molar-refractivity contribution in [1.29, 1.82) is 0 Å². The molecular weight excluding hydrogens is 368 g/mol. The largest absolute Gasteiger partial charge is 0.465 e. The van der Waals surface area contributed by atoms with Gasteiger partial charge < -0.3 is 10.1 Å². The maximum absolute atomic E-state index is 12.2. The fraction of sp³-hybridized carbons (Fsp3) is 0.250. The first-order valence-electron chi connectivity index (χ1n) is 8.59. The van der Waals surface area contributed by atoms with Gasteiger partial charge in [0.25, 0.3) is 5.69 Å². The summed E-state index contributed by atoms with van der Waals surface area (Å²) >= 11 is 6.41. The summed E-state index contributed by atoms with van der Waals surface area (Å²) in [6.07, 6.45) is 5.06. The van der Waals surface area contributed by atoms with Gasteiger partial charge in [0.15, 0.2) is 0 Å². The molecule has 2 aliphatic rings. The molecule has 0 fully saturated rings. The van der Waals surface area contributed by atoms with Crippen LogP contribution in [0.2, 0.25) is 5.02 Å². The Morgan fingerprint density at radius 2 is 2.11 bits per heavy atom. The minimum absolute atomic E-state index is 0.00856. The third-order valence-electron chi connectivity index (χ3n) is 5.33. The predicted octanol–water partition coefficient (Wildman–Crippen LogP) is 4.86. The van der Waals surface area contributed by atoms with Crippen molar-refractivity contribution in [3.05, 3.63) is 80.4 Å². The molecule has 138 valence electrons. The monoisotopic (exact) mass is 384 g/mol. The number of ether oxygens (including phenoxy) is 1. The van der Waals surface area contributed by atoms with Gasteiger partial charge in [-0.1, -0.05) is 35.9 Å². The Morgan fingerprint density at radius 3 is 2.85 bits per heavy atom. The molecule has 4 rings (SSSR count). The predicted molar refractivity (Wildman–Crippen MR) is 102 cm³/mol. The standard InChI is InChI=1S/C20H17ClN2O4/c1-27-20(24)15-7-3-6-13-12-4-2-5-14(12)19(22-18(13)15)16-10-11(23(25)26)8-9-17(16)21/h2-4,6-10,12,14,19,22H,5H2,1H3/t12-,14+,19+/m1/s1. The normalized spacial score (nSPS) is 22.5. The van der Waals surface area contributed by atoms with Crippen molar-refractivity contribution in [3.63, 3.8) is 0 Å². The zero-order valence-corrected chi connectivity index (χ0v) is 15.3. The molecule has 0 saturated heterocycles. The van der Waals surface area contributed by atoms with E-state index in [1.54, 1.807) is 12.1 Å². The van der Waals surface area contributed by atoms with Crippen molar-refractivity contribution in [2.45, 2.75) is 18.4 Å². The number of carbonyl (C=O) groups is 1. The number of hydrogen-bond acceptors (Lipinski definition) is 5. The van der Waals surface area contributed by atoms with E-state index in [0.717, 1.165) is 12.0 Å². The highest BCUT2D eigenvalue weighted by Gasteiger charge is 2.40. The highest BCUT2D eigenvalue weighted by molar-refractivity contribution is 6.31. The van der Waals surface area contributed by atoms with Gasteiger partial charge >= 0.3 is 5.97 Å². The van der Waals surface area contributed by atoms with Crippen molar-refractivity contribution < 1.29 is 14.5 Å². The van der Waals surface area contributed by atoms with Crippen LogP contribution >= 0.6 is 11.6 Å². The SMILES string of the molecule is COC(=O)c1cccc2c1N[C@H](c1cc([N+](=O)[O-])ccc1Cl)[C@H]1CC=C[C@H]21. The minimum atomic E-state index is -0.430. The van der Waals surface area contributed by atoms with Crippen LogP contribution in [0.4, 0.5) is 11.4 Å². The van der Waals surface area contributed by atoms with E-state index >= 15 is 0 Å². The second-order valence-corrected chi connectivity index (χ2v) is 7.11. The van der Waals surface area contributed by atoms with Crippen LogP contribution in [0.1, 0.15) is 39.9 Å². The number of non-ortho nitro benzene ring substituents is 1. The number of nitro groups is 1. The van der Waals surface area contributed by atoms with Crippen molar-refractivity contribution in [2.24, 2.45) is 5.92 Å². The number of halogens is 1. The van der Waals surface area contributed by atoms with Crippen LogP contribution in [0.5, 0.6) is 0 Å². The lowest BCUT2D eigenvalue weighted by Crippen LogP contribution is -2.30. The van der Waals surface area contributed by atoms with Crippen LogP contribution in [0.15, 0.2) is 48.6 Å². The number of benzene rings is 2. The van der Waals surface area contributed by atoms with Gasteiger partial charge in [0, 0.05) is 28.6 Å². The van der Waals surface area contributed by atoms with Gasteiger partial charge in [-0.2, -0.15) is 0 Å². The topological polar surface area (TPSA) is 81.5 Å². The number of fused-ring (bicyclic) bond motifs is 3. The Balaban J connectivity index is 1.85. The molecule has 2 aromatic rings. The summed E-state index contributed by atoms with van der Waals surface area (Å²) in [5, 5.41) is 15.1. The van der Waals surface area contributed by atoms with Crippen molar-refractivity contribution >= 4 is 28.9 Å². The zero-order chi connectivity index (χ0) is 19.1. The quantitative estimate of drug-likeness (QED) is 0.353. The first-order chi connectivity index (χ1) is 13.0. The minimum Gasteiger partial charge on any atom is -0.465 e. The third kappa shape index (κ3) is 2.86. The van der Waals surface area contributed by atoms with Gasteiger partial charge in [0.1, 0.15) is 0 Å². The molecule has 0 spiro atoms. The number of nitrogens with one attached hydrogen (secondary N) is 1. The lowest BCUT2D eigenvalue weighted by Gasteiger charge is -2.38. The molecule has 2 aromatic carbocycles. The number of nitrogens with zero attached hydrogens (tertiary/aromatic N) is 1. The van der Waals surface area contributed by atoms with Gasteiger partial charge in [-0.3, -0.25) is 10.1 Å². The average Bonchev–Trinajstić information content (AvgIpc) is 3.16. The summed E-state index contributed by atoms with van der Waals surface area (Å²) < 4.78 is 4.92. The fourth-order valence-electron chi connectivity index (χ4n) is 4.09. The molecule has 6 nitrogen and oxygen atoms in total. The summed E-state index contributed by atoms with van der Waals surface area (Å²) in [6.45, 7) is 0.